The molecule has 1 aliphatic heterocycles. The molecule has 0 aromatic heterocycles. The maximum Gasteiger partial charge on any atom is 0.387 e. The number of alkyl halides is 2. The van der Waals surface area contributed by atoms with Crippen LogP contribution in [0.25, 0.3) is 6.08 Å². The average molecular weight is 441 g/mol. The molecule has 168 valence electrons. The summed E-state index contributed by atoms with van der Waals surface area (Å²) in [7, 11) is 1.37. The first kappa shape index (κ1) is 23.2. The molecule has 1 amide bonds. The third-order valence-corrected chi connectivity index (χ3v) is 5.21. The Morgan fingerprint density at radius 3 is 2.59 bits per heavy atom. The lowest BCUT2D eigenvalue weighted by Crippen LogP contribution is -2.34. The van der Waals surface area contributed by atoms with E-state index < -0.39 is 6.61 Å². The summed E-state index contributed by atoms with van der Waals surface area (Å²) < 4.78 is 34.4. The Hall–Kier alpha value is -3.44. The summed E-state index contributed by atoms with van der Waals surface area (Å²) in [5.74, 6) is 0.0195. The summed E-state index contributed by atoms with van der Waals surface area (Å²) in [6, 6.07) is 14.2. The van der Waals surface area contributed by atoms with E-state index in [1.807, 2.05) is 24.3 Å². The molecule has 0 radical (unpaired) electrons. The lowest BCUT2D eigenvalue weighted by Gasteiger charge is -2.21. The smallest absolute Gasteiger partial charge is 0.387 e. The molecule has 6 nitrogen and oxygen atoms in total. The SMILES string of the molecule is COc1cc(/C=C/C(=O)N2CCCN(Cc3ccc(C#N)cc3)CC2)ccc1OC(F)F. The minimum absolute atomic E-state index is 0.0548. The van der Waals surface area contributed by atoms with Crippen molar-refractivity contribution in [3.05, 3.63) is 65.2 Å². The Bertz CT molecular complexity index is 987. The Balaban J connectivity index is 1.56. The van der Waals surface area contributed by atoms with E-state index in [0.29, 0.717) is 24.2 Å². The number of nitriles is 1. The van der Waals surface area contributed by atoms with Crippen LogP contribution in [0.2, 0.25) is 0 Å². The van der Waals surface area contributed by atoms with Gasteiger partial charge in [-0.2, -0.15) is 14.0 Å². The van der Waals surface area contributed by atoms with Crippen molar-refractivity contribution in [3.8, 4) is 17.6 Å². The number of nitrogens with zero attached hydrogens (tertiary/aromatic N) is 3. The van der Waals surface area contributed by atoms with Crippen LogP contribution in [0.15, 0.2) is 48.5 Å². The van der Waals surface area contributed by atoms with Gasteiger partial charge in [0.2, 0.25) is 5.91 Å². The van der Waals surface area contributed by atoms with Crippen molar-refractivity contribution in [2.75, 3.05) is 33.3 Å². The number of amides is 1. The second-order valence-electron chi connectivity index (χ2n) is 7.39. The van der Waals surface area contributed by atoms with Gasteiger partial charge in [-0.05, 0) is 47.9 Å². The predicted octanol–water partition coefficient (Wildman–Crippen LogP) is 3.92. The topological polar surface area (TPSA) is 65.8 Å². The molecule has 1 heterocycles. The number of hydrogen-bond donors (Lipinski definition) is 0. The minimum atomic E-state index is -2.94. The zero-order chi connectivity index (χ0) is 22.9. The summed E-state index contributed by atoms with van der Waals surface area (Å²) in [6.07, 6.45) is 3.98. The minimum Gasteiger partial charge on any atom is -0.493 e. The monoisotopic (exact) mass is 441 g/mol. The van der Waals surface area contributed by atoms with Crippen molar-refractivity contribution >= 4 is 12.0 Å². The molecule has 0 N–H and O–H groups in total. The van der Waals surface area contributed by atoms with E-state index >= 15 is 0 Å². The Morgan fingerprint density at radius 2 is 1.91 bits per heavy atom. The van der Waals surface area contributed by atoms with E-state index in [9.17, 15) is 13.6 Å². The Morgan fingerprint density at radius 1 is 1.12 bits per heavy atom. The van der Waals surface area contributed by atoms with Gasteiger partial charge in [-0.25, -0.2) is 0 Å². The van der Waals surface area contributed by atoms with E-state index in [4.69, 9.17) is 10.00 Å². The molecular weight excluding hydrogens is 416 g/mol. The largest absolute Gasteiger partial charge is 0.493 e. The normalized spacial score (nSPS) is 14.9. The van der Waals surface area contributed by atoms with Crippen molar-refractivity contribution in [1.82, 2.24) is 9.80 Å². The van der Waals surface area contributed by atoms with Gasteiger partial charge in [-0.15, -0.1) is 0 Å². The highest BCUT2D eigenvalue weighted by Gasteiger charge is 2.18. The van der Waals surface area contributed by atoms with Crippen molar-refractivity contribution in [2.45, 2.75) is 19.6 Å². The Labute approximate surface area is 186 Å². The molecule has 2 aromatic carbocycles. The average Bonchev–Trinajstić information content (AvgIpc) is 3.04. The van der Waals surface area contributed by atoms with Gasteiger partial charge in [-0.3, -0.25) is 9.69 Å². The molecule has 1 aliphatic rings. The first-order valence-electron chi connectivity index (χ1n) is 10.3. The number of methoxy groups -OCH3 is 1. The lowest BCUT2D eigenvalue weighted by molar-refractivity contribution is -0.125. The molecule has 1 fully saturated rings. The van der Waals surface area contributed by atoms with Gasteiger partial charge in [0.1, 0.15) is 0 Å². The van der Waals surface area contributed by atoms with Crippen molar-refractivity contribution in [3.63, 3.8) is 0 Å². The fraction of sp³-hybridized carbons (Fsp3) is 0.333. The van der Waals surface area contributed by atoms with E-state index in [1.54, 1.807) is 23.1 Å². The zero-order valence-corrected chi connectivity index (χ0v) is 17.8. The molecule has 0 spiro atoms. The highest BCUT2D eigenvalue weighted by Crippen LogP contribution is 2.29. The van der Waals surface area contributed by atoms with E-state index in [2.05, 4.69) is 15.7 Å². The predicted molar refractivity (Wildman–Crippen MR) is 116 cm³/mol. The number of rotatable bonds is 7. The molecule has 0 atom stereocenters. The van der Waals surface area contributed by atoms with Gasteiger partial charge >= 0.3 is 6.61 Å². The van der Waals surface area contributed by atoms with Crippen LogP contribution in [0.3, 0.4) is 0 Å². The fourth-order valence-corrected chi connectivity index (χ4v) is 3.55. The quantitative estimate of drug-likeness (QED) is 0.610. The van der Waals surface area contributed by atoms with Gasteiger partial charge in [0.25, 0.3) is 0 Å². The van der Waals surface area contributed by atoms with Gasteiger partial charge in [-0.1, -0.05) is 18.2 Å². The maximum atomic E-state index is 12.7. The summed E-state index contributed by atoms with van der Waals surface area (Å²) >= 11 is 0. The van der Waals surface area contributed by atoms with Gasteiger partial charge in [0, 0.05) is 38.8 Å². The van der Waals surface area contributed by atoms with E-state index in [-0.39, 0.29) is 17.4 Å². The van der Waals surface area contributed by atoms with Crippen molar-refractivity contribution < 1.29 is 23.0 Å². The summed E-state index contributed by atoms with van der Waals surface area (Å²) in [6.45, 7) is 0.757. The van der Waals surface area contributed by atoms with Crippen LogP contribution in [0, 0.1) is 11.3 Å². The van der Waals surface area contributed by atoms with Crippen molar-refractivity contribution in [1.29, 1.82) is 5.26 Å². The summed E-state index contributed by atoms with van der Waals surface area (Å²) in [5.41, 5.74) is 2.42. The number of carbonyl (C=O) groups is 1. The van der Waals surface area contributed by atoms with Gasteiger partial charge in [0.05, 0.1) is 18.7 Å². The number of hydrogen-bond acceptors (Lipinski definition) is 5. The molecule has 0 aliphatic carbocycles. The molecule has 2 aromatic rings. The standard InChI is InChI=1S/C24H25F2N3O3/c1-31-22-15-18(7-9-21(22)32-24(25)26)8-10-23(30)29-12-2-11-28(13-14-29)17-20-5-3-19(16-27)4-6-20/h3-10,15,24H,2,11-14,17H2,1H3/b10-8+. The van der Waals surface area contributed by atoms with Crippen LogP contribution in [-0.4, -0.2) is 55.6 Å². The second kappa shape index (κ2) is 11.3. The molecule has 3 rings (SSSR count). The second-order valence-corrected chi connectivity index (χ2v) is 7.39. The Kier molecular flexibility index (Phi) is 8.17. The molecule has 0 saturated carbocycles. The van der Waals surface area contributed by atoms with Gasteiger partial charge < -0.3 is 14.4 Å². The molecule has 8 heteroatoms. The highest BCUT2D eigenvalue weighted by atomic mass is 19.3. The lowest BCUT2D eigenvalue weighted by atomic mass is 10.1. The third kappa shape index (κ3) is 6.53. The van der Waals surface area contributed by atoms with Crippen molar-refractivity contribution in [2.24, 2.45) is 0 Å². The van der Waals surface area contributed by atoms with Gasteiger partial charge in [0.15, 0.2) is 11.5 Å². The van der Waals surface area contributed by atoms with Crippen LogP contribution < -0.4 is 9.47 Å². The third-order valence-electron chi connectivity index (χ3n) is 5.21. The van der Waals surface area contributed by atoms with E-state index in [0.717, 1.165) is 31.6 Å². The molecule has 0 bridgehead atoms. The fourth-order valence-electron chi connectivity index (χ4n) is 3.55. The van der Waals surface area contributed by atoms with Crippen LogP contribution in [0.1, 0.15) is 23.1 Å². The molecule has 1 saturated heterocycles. The number of carbonyl (C=O) groups excluding carboxylic acids is 1. The highest BCUT2D eigenvalue weighted by molar-refractivity contribution is 5.91. The maximum absolute atomic E-state index is 12.7. The summed E-state index contributed by atoms with van der Waals surface area (Å²) in [5, 5.41) is 8.91. The van der Waals surface area contributed by atoms with Crippen LogP contribution in [0.4, 0.5) is 8.78 Å². The van der Waals surface area contributed by atoms with Crippen LogP contribution in [-0.2, 0) is 11.3 Å². The first-order chi connectivity index (χ1) is 15.5. The molecule has 32 heavy (non-hydrogen) atoms. The number of benzene rings is 2. The number of ether oxygens (including phenoxy) is 2. The van der Waals surface area contributed by atoms with Crippen LogP contribution in [0.5, 0.6) is 11.5 Å². The molecular formula is C24H25F2N3O3. The first-order valence-corrected chi connectivity index (χ1v) is 10.3. The zero-order valence-electron chi connectivity index (χ0n) is 17.8. The van der Waals surface area contributed by atoms with Crippen LogP contribution >= 0.6 is 0 Å². The molecule has 0 unspecified atom stereocenters. The summed E-state index contributed by atoms with van der Waals surface area (Å²) in [4.78, 5) is 16.8. The number of halogens is 2. The van der Waals surface area contributed by atoms with E-state index in [1.165, 1.54) is 19.3 Å².